The summed E-state index contributed by atoms with van der Waals surface area (Å²) in [5.41, 5.74) is 2.31. The third-order valence-corrected chi connectivity index (χ3v) is 4.77. The molecule has 0 heterocycles. The van der Waals surface area contributed by atoms with Crippen LogP contribution in [0.2, 0.25) is 0 Å². The number of hydrogen-bond acceptors (Lipinski definition) is 5. The number of amides is 2. The number of carbonyl (C=O) groups is 2. The van der Waals surface area contributed by atoms with Crippen LogP contribution in [0.1, 0.15) is 10.4 Å². The molecule has 3 N–H and O–H groups in total. The van der Waals surface area contributed by atoms with Crippen LogP contribution < -0.4 is 20.7 Å². The highest BCUT2D eigenvalue weighted by Gasteiger charge is 2.31. The van der Waals surface area contributed by atoms with E-state index < -0.39 is 23.9 Å². The molecule has 0 saturated carbocycles. The molecule has 0 aromatic heterocycles. The summed E-state index contributed by atoms with van der Waals surface area (Å²) in [5.74, 6) is -1.55. The minimum absolute atomic E-state index is 0.0421. The van der Waals surface area contributed by atoms with Gasteiger partial charge in [0.05, 0.1) is 24.5 Å². The van der Waals surface area contributed by atoms with Gasteiger partial charge in [-0.3, -0.25) is 9.59 Å². The summed E-state index contributed by atoms with van der Waals surface area (Å²) in [6.07, 6.45) is -4.91. The van der Waals surface area contributed by atoms with Crippen LogP contribution in [0, 0.1) is 0 Å². The Balaban J connectivity index is 1.76. The lowest BCUT2D eigenvalue weighted by Gasteiger charge is -2.16. The molecule has 0 aliphatic rings. The van der Waals surface area contributed by atoms with E-state index in [9.17, 15) is 22.8 Å². The molecule has 0 aliphatic heterocycles. The monoisotopic (exact) mass is 487 g/mol. The molecule has 0 saturated heterocycles. The molecule has 0 radical (unpaired) electrons. The molecule has 184 valence electrons. The zero-order chi connectivity index (χ0) is 25.3. The van der Waals surface area contributed by atoms with Gasteiger partial charge in [0.25, 0.3) is 5.91 Å². The fourth-order valence-corrected chi connectivity index (χ4v) is 3.14. The van der Waals surface area contributed by atoms with Crippen LogP contribution in [-0.2, 0) is 9.53 Å². The quantitative estimate of drug-likeness (QED) is 0.362. The van der Waals surface area contributed by atoms with Crippen molar-refractivity contribution < 1.29 is 32.2 Å². The Morgan fingerprint density at radius 1 is 0.857 bits per heavy atom. The molecule has 3 aromatic carbocycles. The van der Waals surface area contributed by atoms with Crippen LogP contribution in [-0.4, -0.2) is 45.0 Å². The molecule has 2 amide bonds. The first-order valence-electron chi connectivity index (χ1n) is 10.6. The first-order chi connectivity index (χ1) is 16.7. The molecule has 0 bridgehead atoms. The summed E-state index contributed by atoms with van der Waals surface area (Å²) in [6.45, 7) is 0.679. The minimum atomic E-state index is -4.91. The van der Waals surface area contributed by atoms with Crippen LogP contribution in [0.4, 0.5) is 24.5 Å². The van der Waals surface area contributed by atoms with Gasteiger partial charge in [0.1, 0.15) is 5.75 Å². The van der Waals surface area contributed by atoms with Gasteiger partial charge < -0.3 is 25.4 Å². The molecular formula is C25H24F3N3O4. The number of ether oxygens (including phenoxy) is 2. The molecule has 0 atom stereocenters. The van der Waals surface area contributed by atoms with E-state index in [0.29, 0.717) is 18.7 Å². The Morgan fingerprint density at radius 3 is 2.20 bits per heavy atom. The summed E-state index contributed by atoms with van der Waals surface area (Å²) in [4.78, 5) is 25.1. The highest BCUT2D eigenvalue weighted by Crippen LogP contribution is 2.31. The third-order valence-electron chi connectivity index (χ3n) is 4.77. The molecule has 0 aliphatic carbocycles. The van der Waals surface area contributed by atoms with Crippen molar-refractivity contribution in [1.82, 2.24) is 5.32 Å². The van der Waals surface area contributed by atoms with E-state index in [0.717, 1.165) is 23.3 Å². The second-order valence-corrected chi connectivity index (χ2v) is 7.37. The smallest absolute Gasteiger partial charge is 0.406 e. The third kappa shape index (κ3) is 8.13. The van der Waals surface area contributed by atoms with Crippen LogP contribution in [0.5, 0.6) is 5.75 Å². The Kier molecular flexibility index (Phi) is 8.82. The Morgan fingerprint density at radius 2 is 1.54 bits per heavy atom. The summed E-state index contributed by atoms with van der Waals surface area (Å²) >= 11 is 0. The number of nitrogens with one attached hydrogen (secondary N) is 3. The van der Waals surface area contributed by atoms with Gasteiger partial charge in [0.15, 0.2) is 0 Å². The fourth-order valence-electron chi connectivity index (χ4n) is 3.14. The maximum atomic E-state index is 12.8. The van der Waals surface area contributed by atoms with E-state index in [1.165, 1.54) is 13.2 Å². The van der Waals surface area contributed by atoms with E-state index >= 15 is 0 Å². The molecule has 3 rings (SSSR count). The zero-order valence-electron chi connectivity index (χ0n) is 18.8. The zero-order valence-corrected chi connectivity index (χ0v) is 18.8. The largest absolute Gasteiger partial charge is 0.573 e. The van der Waals surface area contributed by atoms with Crippen molar-refractivity contribution in [3.63, 3.8) is 0 Å². The van der Waals surface area contributed by atoms with E-state index in [-0.39, 0.29) is 17.9 Å². The molecule has 7 nitrogen and oxygen atoms in total. The van der Waals surface area contributed by atoms with Crippen LogP contribution in [0.3, 0.4) is 0 Å². The van der Waals surface area contributed by atoms with Gasteiger partial charge in [0, 0.05) is 25.3 Å². The molecule has 3 aromatic rings. The normalized spacial score (nSPS) is 11.1. The number of methoxy groups -OCH3 is 1. The Hall–Kier alpha value is -3.89. The number of hydrogen-bond donors (Lipinski definition) is 3. The van der Waals surface area contributed by atoms with Gasteiger partial charge >= 0.3 is 6.36 Å². The number of anilines is 2. The lowest BCUT2D eigenvalue weighted by Crippen LogP contribution is -2.30. The SMILES string of the molecule is COCCNCC(=O)Nc1cc(OC(F)(F)F)ccc1NC(=O)c1ccc(-c2ccccc2)cc1. The highest BCUT2D eigenvalue weighted by molar-refractivity contribution is 6.07. The number of carbonyl (C=O) groups excluding carboxylic acids is 2. The number of benzene rings is 3. The maximum Gasteiger partial charge on any atom is 0.573 e. The van der Waals surface area contributed by atoms with Gasteiger partial charge in [-0.05, 0) is 35.4 Å². The molecule has 0 unspecified atom stereocenters. The van der Waals surface area contributed by atoms with Gasteiger partial charge in [-0.2, -0.15) is 0 Å². The number of alkyl halides is 3. The van der Waals surface area contributed by atoms with E-state index in [1.54, 1.807) is 24.3 Å². The topological polar surface area (TPSA) is 88.7 Å². The number of rotatable bonds is 10. The van der Waals surface area contributed by atoms with E-state index in [2.05, 4.69) is 20.7 Å². The molecule has 10 heteroatoms. The van der Waals surface area contributed by atoms with Crippen molar-refractivity contribution in [1.29, 1.82) is 0 Å². The highest BCUT2D eigenvalue weighted by atomic mass is 19.4. The lowest BCUT2D eigenvalue weighted by atomic mass is 10.0. The minimum Gasteiger partial charge on any atom is -0.406 e. The van der Waals surface area contributed by atoms with Gasteiger partial charge in [0.2, 0.25) is 5.91 Å². The van der Waals surface area contributed by atoms with Crippen molar-refractivity contribution in [2.75, 3.05) is 37.4 Å². The van der Waals surface area contributed by atoms with Crippen molar-refractivity contribution in [3.05, 3.63) is 78.4 Å². The predicted molar refractivity (Wildman–Crippen MR) is 126 cm³/mol. The van der Waals surface area contributed by atoms with Gasteiger partial charge in [-0.25, -0.2) is 0 Å². The maximum absolute atomic E-state index is 12.8. The van der Waals surface area contributed by atoms with Crippen molar-refractivity contribution in [2.24, 2.45) is 0 Å². The molecular weight excluding hydrogens is 463 g/mol. The average Bonchev–Trinajstić information content (AvgIpc) is 2.83. The summed E-state index contributed by atoms with van der Waals surface area (Å²) < 4.78 is 46.8. The lowest BCUT2D eigenvalue weighted by molar-refractivity contribution is -0.274. The van der Waals surface area contributed by atoms with Gasteiger partial charge in [-0.1, -0.05) is 42.5 Å². The summed E-state index contributed by atoms with van der Waals surface area (Å²) in [6, 6.07) is 19.7. The van der Waals surface area contributed by atoms with E-state index in [1.807, 2.05) is 30.3 Å². The van der Waals surface area contributed by atoms with Crippen LogP contribution >= 0.6 is 0 Å². The summed E-state index contributed by atoms with van der Waals surface area (Å²) in [7, 11) is 1.51. The van der Waals surface area contributed by atoms with Crippen molar-refractivity contribution >= 4 is 23.2 Å². The fraction of sp³-hybridized carbons (Fsp3) is 0.200. The van der Waals surface area contributed by atoms with Crippen LogP contribution in [0.25, 0.3) is 11.1 Å². The second-order valence-electron chi connectivity index (χ2n) is 7.37. The van der Waals surface area contributed by atoms with Crippen LogP contribution in [0.15, 0.2) is 72.8 Å². The first kappa shape index (κ1) is 25.7. The number of halogens is 3. The molecule has 0 fully saturated rings. The molecule has 35 heavy (non-hydrogen) atoms. The summed E-state index contributed by atoms with van der Waals surface area (Å²) in [5, 5.41) is 7.95. The van der Waals surface area contributed by atoms with E-state index in [4.69, 9.17) is 4.74 Å². The van der Waals surface area contributed by atoms with Crippen molar-refractivity contribution in [3.8, 4) is 16.9 Å². The average molecular weight is 487 g/mol. The Bertz CT molecular complexity index is 1140. The predicted octanol–water partition coefficient (Wildman–Crippen LogP) is 4.68. The van der Waals surface area contributed by atoms with Crippen molar-refractivity contribution in [2.45, 2.75) is 6.36 Å². The van der Waals surface area contributed by atoms with Gasteiger partial charge in [-0.15, -0.1) is 13.2 Å². The first-order valence-corrected chi connectivity index (χ1v) is 10.6. The molecule has 0 spiro atoms. The standard InChI is InChI=1S/C25H24F3N3O4/c1-34-14-13-29-16-23(32)30-22-15-20(35-25(26,27)28)11-12-21(22)31-24(33)19-9-7-18(8-10-19)17-5-3-2-4-6-17/h2-12,15,29H,13-14,16H2,1H3,(H,30,32)(H,31,33). The second kappa shape index (κ2) is 12.0. The Labute approximate surface area is 200 Å².